The van der Waals surface area contributed by atoms with Crippen LogP contribution in [-0.2, 0) is 25.4 Å². The molecule has 4 nitrogen and oxygen atoms in total. The van der Waals surface area contributed by atoms with Crippen LogP contribution in [0.3, 0.4) is 0 Å². The molecule has 0 radical (unpaired) electrons. The highest BCUT2D eigenvalue weighted by Gasteiger charge is 2.41. The van der Waals surface area contributed by atoms with E-state index < -0.39 is 0 Å². The predicted molar refractivity (Wildman–Crippen MR) is 163 cm³/mol. The maximum absolute atomic E-state index is 6.76. The standard InChI is InChI=1S/C33H45ClO4S/c1-4-7-16-35-23-31-33(37-18-9-6-3)30(36-17-8-5-2)22-29(38-31)24-14-15-28(34)26(19-24)21-27-20-25-12-10-11-13-32(25)39-27/h10-15,19-20,29-31,33H,4-9,16-18,21-23H2,1-3H3/t29?,30-,31?,33+/m1/s1. The first-order valence-electron chi connectivity index (χ1n) is 14.8. The van der Waals surface area contributed by atoms with Crippen LogP contribution in [0.1, 0.15) is 87.8 Å². The lowest BCUT2D eigenvalue weighted by Gasteiger charge is -2.42. The van der Waals surface area contributed by atoms with Gasteiger partial charge in [-0.05, 0) is 54.0 Å². The molecule has 1 fully saturated rings. The third-order valence-corrected chi connectivity index (χ3v) is 8.85. The van der Waals surface area contributed by atoms with Gasteiger partial charge >= 0.3 is 0 Å². The molecule has 1 aliphatic rings. The van der Waals surface area contributed by atoms with E-state index in [9.17, 15) is 0 Å². The summed E-state index contributed by atoms with van der Waals surface area (Å²) in [5.74, 6) is 0. The third kappa shape index (κ3) is 8.76. The molecule has 39 heavy (non-hydrogen) atoms. The van der Waals surface area contributed by atoms with E-state index in [2.05, 4.69) is 63.2 Å². The zero-order chi connectivity index (χ0) is 27.5. The Morgan fingerprint density at radius 1 is 0.897 bits per heavy atom. The van der Waals surface area contributed by atoms with E-state index >= 15 is 0 Å². The van der Waals surface area contributed by atoms with E-state index in [0.717, 1.165) is 80.7 Å². The quantitative estimate of drug-likeness (QED) is 0.160. The van der Waals surface area contributed by atoms with Gasteiger partial charge < -0.3 is 18.9 Å². The average Bonchev–Trinajstić information content (AvgIpc) is 3.36. The topological polar surface area (TPSA) is 36.9 Å². The van der Waals surface area contributed by atoms with Gasteiger partial charge in [0.1, 0.15) is 12.2 Å². The molecular weight excluding hydrogens is 528 g/mol. The van der Waals surface area contributed by atoms with Crippen molar-refractivity contribution in [2.24, 2.45) is 0 Å². The Bertz CT molecular complexity index is 1100. The first-order chi connectivity index (χ1) is 19.1. The lowest BCUT2D eigenvalue weighted by Crippen LogP contribution is -2.50. The van der Waals surface area contributed by atoms with E-state index in [4.69, 9.17) is 30.5 Å². The van der Waals surface area contributed by atoms with Crippen molar-refractivity contribution < 1.29 is 18.9 Å². The van der Waals surface area contributed by atoms with Gasteiger partial charge in [0.15, 0.2) is 0 Å². The first-order valence-corrected chi connectivity index (χ1v) is 16.0. The lowest BCUT2D eigenvalue weighted by atomic mass is 9.92. The Balaban J connectivity index is 1.54. The first kappa shape index (κ1) is 30.5. The molecule has 214 valence electrons. The maximum atomic E-state index is 6.76. The fourth-order valence-electron chi connectivity index (χ4n) is 5.09. The second-order valence-electron chi connectivity index (χ2n) is 10.6. The summed E-state index contributed by atoms with van der Waals surface area (Å²) in [5, 5.41) is 2.08. The van der Waals surface area contributed by atoms with Crippen LogP contribution < -0.4 is 0 Å². The van der Waals surface area contributed by atoms with E-state index in [1.807, 2.05) is 17.4 Å². The molecule has 0 amide bonds. The van der Waals surface area contributed by atoms with Gasteiger partial charge in [-0.3, -0.25) is 0 Å². The summed E-state index contributed by atoms with van der Waals surface area (Å²) >= 11 is 8.55. The molecule has 0 spiro atoms. The second kappa shape index (κ2) is 16.1. The van der Waals surface area contributed by atoms with Gasteiger partial charge in [-0.15, -0.1) is 11.3 Å². The summed E-state index contributed by atoms with van der Waals surface area (Å²) in [4.78, 5) is 1.31. The molecule has 2 heterocycles. The lowest BCUT2D eigenvalue weighted by molar-refractivity contribution is -0.216. The van der Waals surface area contributed by atoms with E-state index in [-0.39, 0.29) is 24.4 Å². The largest absolute Gasteiger partial charge is 0.379 e. The number of rotatable bonds is 16. The highest BCUT2D eigenvalue weighted by atomic mass is 35.5. The Hall–Kier alpha value is -1.47. The van der Waals surface area contributed by atoms with Crippen LogP contribution in [-0.4, -0.2) is 44.7 Å². The summed E-state index contributed by atoms with van der Waals surface area (Å²) in [6.45, 7) is 9.28. The van der Waals surface area contributed by atoms with Crippen LogP contribution in [0.25, 0.3) is 10.1 Å². The van der Waals surface area contributed by atoms with Crippen molar-refractivity contribution in [2.75, 3.05) is 26.4 Å². The van der Waals surface area contributed by atoms with Crippen molar-refractivity contribution in [1.82, 2.24) is 0 Å². The van der Waals surface area contributed by atoms with Crippen LogP contribution in [0.5, 0.6) is 0 Å². The van der Waals surface area contributed by atoms with Crippen LogP contribution in [0, 0.1) is 0 Å². The Labute approximate surface area is 243 Å². The summed E-state index contributed by atoms with van der Waals surface area (Å²) in [7, 11) is 0. The molecule has 6 heteroatoms. The zero-order valence-electron chi connectivity index (χ0n) is 23.8. The van der Waals surface area contributed by atoms with Crippen LogP contribution in [0.15, 0.2) is 48.5 Å². The van der Waals surface area contributed by atoms with Gasteiger partial charge in [0.05, 0.1) is 18.8 Å². The number of fused-ring (bicyclic) bond motifs is 1. The number of unbranched alkanes of at least 4 members (excludes halogenated alkanes) is 3. The van der Waals surface area contributed by atoms with Gasteiger partial charge in [0.2, 0.25) is 0 Å². The number of halogens is 1. The van der Waals surface area contributed by atoms with Crippen molar-refractivity contribution in [2.45, 2.75) is 96.6 Å². The molecule has 2 aromatic carbocycles. The van der Waals surface area contributed by atoms with Crippen molar-refractivity contribution in [3.8, 4) is 0 Å². The molecule has 0 N–H and O–H groups in total. The Morgan fingerprint density at radius 3 is 2.41 bits per heavy atom. The number of benzene rings is 2. The molecule has 0 saturated carbocycles. The minimum atomic E-state index is -0.175. The van der Waals surface area contributed by atoms with Crippen molar-refractivity contribution in [3.63, 3.8) is 0 Å². The normalized spacial score (nSPS) is 21.5. The Morgan fingerprint density at radius 2 is 1.64 bits per heavy atom. The van der Waals surface area contributed by atoms with Crippen LogP contribution >= 0.6 is 22.9 Å². The van der Waals surface area contributed by atoms with Crippen molar-refractivity contribution in [1.29, 1.82) is 0 Å². The highest BCUT2D eigenvalue weighted by Crippen LogP contribution is 2.37. The molecule has 0 bridgehead atoms. The van der Waals surface area contributed by atoms with Gasteiger partial charge in [0.25, 0.3) is 0 Å². The van der Waals surface area contributed by atoms with E-state index in [0.29, 0.717) is 13.2 Å². The fourth-order valence-corrected chi connectivity index (χ4v) is 6.36. The molecule has 4 rings (SSSR count). The smallest absolute Gasteiger partial charge is 0.112 e. The SMILES string of the molecule is CCCCOCC1OC(c2ccc(Cl)c(Cc3cc4ccccc4s3)c2)C[C@@H](OCCCC)[C@@H]1OCCCC. The average molecular weight is 573 g/mol. The highest BCUT2D eigenvalue weighted by molar-refractivity contribution is 7.19. The molecule has 1 saturated heterocycles. The zero-order valence-corrected chi connectivity index (χ0v) is 25.4. The summed E-state index contributed by atoms with van der Waals surface area (Å²) < 4.78 is 27.0. The molecule has 1 aromatic heterocycles. The monoisotopic (exact) mass is 572 g/mol. The minimum Gasteiger partial charge on any atom is -0.379 e. The summed E-state index contributed by atoms with van der Waals surface area (Å²) in [5.41, 5.74) is 2.27. The third-order valence-electron chi connectivity index (χ3n) is 7.36. The molecule has 0 aliphatic carbocycles. The maximum Gasteiger partial charge on any atom is 0.112 e. The molecule has 1 aliphatic heterocycles. The van der Waals surface area contributed by atoms with Gasteiger partial charge in [-0.2, -0.15) is 0 Å². The molecule has 3 aromatic rings. The van der Waals surface area contributed by atoms with Crippen LogP contribution in [0.2, 0.25) is 5.02 Å². The molecule has 4 atom stereocenters. The molecule has 2 unspecified atom stereocenters. The van der Waals surface area contributed by atoms with Gasteiger partial charge in [-0.1, -0.05) is 82.0 Å². The van der Waals surface area contributed by atoms with E-state index in [1.165, 1.54) is 15.0 Å². The van der Waals surface area contributed by atoms with Crippen molar-refractivity contribution in [3.05, 3.63) is 69.6 Å². The Kier molecular flexibility index (Phi) is 12.6. The van der Waals surface area contributed by atoms with Gasteiger partial charge in [0, 0.05) is 47.3 Å². The second-order valence-corrected chi connectivity index (χ2v) is 12.1. The number of thiophene rings is 1. The number of hydrogen-bond acceptors (Lipinski definition) is 5. The van der Waals surface area contributed by atoms with Crippen LogP contribution in [0.4, 0.5) is 0 Å². The fraction of sp³-hybridized carbons (Fsp3) is 0.576. The van der Waals surface area contributed by atoms with Gasteiger partial charge in [-0.25, -0.2) is 0 Å². The van der Waals surface area contributed by atoms with Crippen molar-refractivity contribution >= 4 is 33.0 Å². The number of hydrogen-bond donors (Lipinski definition) is 0. The molecular formula is C33H45ClO4S. The summed E-state index contributed by atoms with van der Waals surface area (Å²) in [6.07, 6.45) is 7.57. The number of ether oxygens (including phenoxy) is 4. The van der Waals surface area contributed by atoms with E-state index in [1.54, 1.807) is 0 Å². The summed E-state index contributed by atoms with van der Waals surface area (Å²) in [6, 6.07) is 17.2. The predicted octanol–water partition coefficient (Wildman–Crippen LogP) is 9.16. The minimum absolute atomic E-state index is 0.0337.